The zero-order valence-corrected chi connectivity index (χ0v) is 15.8. The van der Waals surface area contributed by atoms with Gasteiger partial charge in [-0.3, -0.25) is 14.3 Å². The first-order valence-electron chi connectivity index (χ1n) is 9.51. The van der Waals surface area contributed by atoms with Crippen LogP contribution in [-0.2, 0) is 24.7 Å². The molecule has 0 saturated carbocycles. The Bertz CT molecular complexity index is 650. The van der Waals surface area contributed by atoms with E-state index < -0.39 is 0 Å². The lowest BCUT2D eigenvalue weighted by Crippen LogP contribution is -2.26. The fraction of sp³-hybridized carbons (Fsp3) is 0.737. The zero-order chi connectivity index (χ0) is 18.0. The molecule has 2 aliphatic rings. The summed E-state index contributed by atoms with van der Waals surface area (Å²) in [6.07, 6.45) is 8.31. The van der Waals surface area contributed by atoms with Crippen LogP contribution in [0, 0.1) is 5.92 Å². The number of hydrogen-bond donors (Lipinski definition) is 0. The van der Waals surface area contributed by atoms with Crippen molar-refractivity contribution in [3.05, 3.63) is 17.0 Å². The third kappa shape index (κ3) is 3.88. The van der Waals surface area contributed by atoms with Gasteiger partial charge in [-0.15, -0.1) is 0 Å². The summed E-state index contributed by atoms with van der Waals surface area (Å²) in [7, 11) is 5.51. The first kappa shape index (κ1) is 18.0. The first-order chi connectivity index (χ1) is 12.0. The van der Waals surface area contributed by atoms with Crippen LogP contribution in [0.4, 0.5) is 0 Å². The minimum atomic E-state index is 0.00467. The van der Waals surface area contributed by atoms with E-state index in [0.29, 0.717) is 17.5 Å². The molecule has 1 aromatic rings. The molecule has 2 amide bonds. The number of nitrogens with zero attached hydrogens (tertiary/aromatic N) is 4. The molecule has 1 unspecified atom stereocenters. The highest BCUT2D eigenvalue weighted by Gasteiger charge is 2.28. The number of carbonyl (C=O) groups is 2. The highest BCUT2D eigenvalue weighted by Crippen LogP contribution is 2.31. The second-order valence-corrected chi connectivity index (χ2v) is 7.69. The van der Waals surface area contributed by atoms with E-state index in [1.165, 1.54) is 18.5 Å². The van der Waals surface area contributed by atoms with Crippen LogP contribution in [0.1, 0.15) is 60.3 Å². The molecule has 3 rings (SSSR count). The Kier molecular flexibility index (Phi) is 5.45. The Morgan fingerprint density at radius 2 is 2.08 bits per heavy atom. The number of likely N-dealkylation sites (tertiary alicyclic amines) is 1. The molecule has 0 radical (unpaired) electrons. The van der Waals surface area contributed by atoms with E-state index in [1.807, 2.05) is 16.6 Å². The summed E-state index contributed by atoms with van der Waals surface area (Å²) in [6, 6.07) is 0. The van der Waals surface area contributed by atoms with Gasteiger partial charge >= 0.3 is 0 Å². The maximum Gasteiger partial charge on any atom is 0.274 e. The normalized spacial score (nSPS) is 20.0. The fourth-order valence-electron chi connectivity index (χ4n) is 4.17. The van der Waals surface area contributed by atoms with Crippen LogP contribution >= 0.6 is 0 Å². The summed E-state index contributed by atoms with van der Waals surface area (Å²) >= 11 is 0. The molecule has 1 aliphatic heterocycles. The number of carbonyl (C=O) groups excluding carboxylic acids is 2. The zero-order valence-electron chi connectivity index (χ0n) is 15.8. The summed E-state index contributed by atoms with van der Waals surface area (Å²) in [6.45, 7) is 1.85. The van der Waals surface area contributed by atoms with Gasteiger partial charge in [0.1, 0.15) is 0 Å². The van der Waals surface area contributed by atoms with Crippen LogP contribution in [0.15, 0.2) is 0 Å². The average molecular weight is 346 g/mol. The highest BCUT2D eigenvalue weighted by molar-refractivity contribution is 5.93. The number of amides is 2. The maximum absolute atomic E-state index is 12.4. The molecule has 25 heavy (non-hydrogen) atoms. The van der Waals surface area contributed by atoms with E-state index >= 15 is 0 Å². The number of aryl methyl sites for hydroxylation is 1. The van der Waals surface area contributed by atoms with Crippen molar-refractivity contribution in [3.8, 4) is 0 Å². The topological polar surface area (TPSA) is 58.4 Å². The lowest BCUT2D eigenvalue weighted by atomic mass is 9.83. The van der Waals surface area contributed by atoms with E-state index in [-0.39, 0.29) is 5.91 Å². The molecular formula is C19H30N4O2. The van der Waals surface area contributed by atoms with Crippen molar-refractivity contribution in [2.75, 3.05) is 27.2 Å². The largest absolute Gasteiger partial charge is 0.343 e. The van der Waals surface area contributed by atoms with Gasteiger partial charge in [0.2, 0.25) is 5.91 Å². The molecule has 0 spiro atoms. The van der Waals surface area contributed by atoms with Gasteiger partial charge in [0.05, 0.1) is 0 Å². The van der Waals surface area contributed by atoms with E-state index in [2.05, 4.69) is 5.10 Å². The SMILES string of the molecule is CN(C)C(=O)c1nn(C)c2c1CC(CCCCN1CCCC1=O)CC2. The lowest BCUT2D eigenvalue weighted by Gasteiger charge is -2.24. The summed E-state index contributed by atoms with van der Waals surface area (Å²) in [5, 5.41) is 4.49. The van der Waals surface area contributed by atoms with E-state index in [4.69, 9.17) is 0 Å². The Labute approximate surface area is 150 Å². The van der Waals surface area contributed by atoms with Crippen LogP contribution in [0.3, 0.4) is 0 Å². The summed E-state index contributed by atoms with van der Waals surface area (Å²) in [4.78, 5) is 27.7. The number of fused-ring (bicyclic) bond motifs is 1. The Hall–Kier alpha value is -1.85. The third-order valence-electron chi connectivity index (χ3n) is 5.63. The molecule has 2 heterocycles. The molecule has 0 bridgehead atoms. The van der Waals surface area contributed by atoms with Crippen molar-refractivity contribution in [3.63, 3.8) is 0 Å². The molecule has 1 aliphatic carbocycles. The number of unbranched alkanes of at least 4 members (excludes halogenated alkanes) is 1. The van der Waals surface area contributed by atoms with Gasteiger partial charge in [-0.2, -0.15) is 5.10 Å². The van der Waals surface area contributed by atoms with Gasteiger partial charge in [-0.25, -0.2) is 0 Å². The van der Waals surface area contributed by atoms with Gasteiger partial charge < -0.3 is 9.80 Å². The molecule has 0 N–H and O–H groups in total. The van der Waals surface area contributed by atoms with Crippen molar-refractivity contribution in [2.45, 2.75) is 51.4 Å². The fourth-order valence-corrected chi connectivity index (χ4v) is 4.17. The molecule has 6 heteroatoms. The predicted molar refractivity (Wildman–Crippen MR) is 96.4 cm³/mol. The summed E-state index contributed by atoms with van der Waals surface area (Å²) in [5.41, 5.74) is 3.02. The molecule has 0 aromatic carbocycles. The molecule has 138 valence electrons. The second-order valence-electron chi connectivity index (χ2n) is 7.69. The Morgan fingerprint density at radius 1 is 1.28 bits per heavy atom. The van der Waals surface area contributed by atoms with Crippen LogP contribution in [0.25, 0.3) is 0 Å². The van der Waals surface area contributed by atoms with E-state index in [9.17, 15) is 9.59 Å². The highest BCUT2D eigenvalue weighted by atomic mass is 16.2. The second kappa shape index (κ2) is 7.58. The van der Waals surface area contributed by atoms with E-state index in [1.54, 1.807) is 19.0 Å². The molecular weight excluding hydrogens is 316 g/mol. The number of rotatable bonds is 6. The van der Waals surface area contributed by atoms with Gasteiger partial charge in [0.25, 0.3) is 5.91 Å². The van der Waals surface area contributed by atoms with Crippen molar-refractivity contribution in [1.82, 2.24) is 19.6 Å². The maximum atomic E-state index is 12.4. The van der Waals surface area contributed by atoms with Crippen LogP contribution in [0.2, 0.25) is 0 Å². The Morgan fingerprint density at radius 3 is 2.76 bits per heavy atom. The molecule has 1 aromatic heterocycles. The van der Waals surface area contributed by atoms with Crippen molar-refractivity contribution in [1.29, 1.82) is 0 Å². The number of hydrogen-bond acceptors (Lipinski definition) is 3. The standard InChI is InChI=1S/C19H30N4O2/c1-21(2)19(25)18-15-13-14(9-10-16(15)22(3)20-18)7-4-5-11-23-12-6-8-17(23)24/h14H,4-13H2,1-3H3. The van der Waals surface area contributed by atoms with Crippen molar-refractivity contribution < 1.29 is 9.59 Å². The minimum Gasteiger partial charge on any atom is -0.343 e. The molecule has 1 fully saturated rings. The lowest BCUT2D eigenvalue weighted by molar-refractivity contribution is -0.127. The quantitative estimate of drug-likeness (QED) is 0.741. The molecule has 1 atom stereocenters. The van der Waals surface area contributed by atoms with Gasteiger partial charge in [0.15, 0.2) is 5.69 Å². The van der Waals surface area contributed by atoms with Gasteiger partial charge in [-0.05, 0) is 38.0 Å². The van der Waals surface area contributed by atoms with Gasteiger partial charge in [-0.1, -0.05) is 12.8 Å². The first-order valence-corrected chi connectivity index (χ1v) is 9.51. The summed E-state index contributed by atoms with van der Waals surface area (Å²) in [5.74, 6) is 0.953. The third-order valence-corrected chi connectivity index (χ3v) is 5.63. The Balaban J connectivity index is 1.54. The molecule has 6 nitrogen and oxygen atoms in total. The van der Waals surface area contributed by atoms with Crippen LogP contribution in [-0.4, -0.2) is 58.6 Å². The van der Waals surface area contributed by atoms with Crippen molar-refractivity contribution in [2.24, 2.45) is 13.0 Å². The summed E-state index contributed by atoms with van der Waals surface area (Å²) < 4.78 is 1.89. The van der Waals surface area contributed by atoms with Crippen molar-refractivity contribution >= 4 is 11.8 Å². The van der Waals surface area contributed by atoms with E-state index in [0.717, 1.165) is 57.2 Å². The predicted octanol–water partition coefficient (Wildman–Crippen LogP) is 2.02. The number of aromatic nitrogens is 2. The van der Waals surface area contributed by atoms with Crippen LogP contribution in [0.5, 0.6) is 0 Å². The molecule has 1 saturated heterocycles. The monoisotopic (exact) mass is 346 g/mol. The van der Waals surface area contributed by atoms with Crippen LogP contribution < -0.4 is 0 Å². The smallest absolute Gasteiger partial charge is 0.274 e. The average Bonchev–Trinajstić information content (AvgIpc) is 3.14. The van der Waals surface area contributed by atoms with Gasteiger partial charge in [0, 0.05) is 51.9 Å². The minimum absolute atomic E-state index is 0.00467.